The summed E-state index contributed by atoms with van der Waals surface area (Å²) in [4.78, 5) is 27.3. The minimum Gasteiger partial charge on any atom is -0.351 e. The molecule has 0 bridgehead atoms. The molecule has 2 saturated carbocycles. The van der Waals surface area contributed by atoms with Gasteiger partial charge in [-0.25, -0.2) is 0 Å². The number of hydrogen-bond acceptors (Lipinski definition) is 2. The highest BCUT2D eigenvalue weighted by molar-refractivity contribution is 5.99. The first-order valence-corrected chi connectivity index (χ1v) is 8.36. The van der Waals surface area contributed by atoms with Crippen LogP contribution in [0.1, 0.15) is 36.2 Å². The van der Waals surface area contributed by atoms with Gasteiger partial charge in [0.05, 0.1) is 6.54 Å². The smallest absolute Gasteiger partial charge is 0.268 e. The number of aromatic nitrogens is 1. The van der Waals surface area contributed by atoms with E-state index in [0.717, 1.165) is 10.9 Å². The van der Waals surface area contributed by atoms with E-state index in [1.807, 2.05) is 24.3 Å². The predicted octanol–water partition coefficient (Wildman–Crippen LogP) is 2.20. The van der Waals surface area contributed by atoms with Crippen LogP contribution in [0.5, 0.6) is 0 Å². The Morgan fingerprint density at radius 1 is 1.13 bits per heavy atom. The van der Waals surface area contributed by atoms with Crippen LogP contribution in [0.4, 0.5) is 0 Å². The van der Waals surface area contributed by atoms with Crippen molar-refractivity contribution in [1.29, 1.82) is 0 Å². The lowest BCUT2D eigenvalue weighted by Gasteiger charge is -2.17. The molecule has 3 N–H and O–H groups in total. The summed E-state index contributed by atoms with van der Waals surface area (Å²) in [6.07, 6.45) is 4.90. The fraction of sp³-hybridized carbons (Fsp3) is 0.444. The first-order valence-electron chi connectivity index (χ1n) is 8.36. The first kappa shape index (κ1) is 14.3. The van der Waals surface area contributed by atoms with Gasteiger partial charge in [0, 0.05) is 16.9 Å². The first-order chi connectivity index (χ1) is 11.2. The molecule has 0 unspecified atom stereocenters. The molecule has 0 atom stereocenters. The number of carbonyl (C=O) groups is 2. The highest BCUT2D eigenvalue weighted by Crippen LogP contribution is 2.44. The Labute approximate surface area is 134 Å². The Hall–Kier alpha value is -2.30. The van der Waals surface area contributed by atoms with Crippen LogP contribution >= 0.6 is 0 Å². The number of benzene rings is 1. The molecule has 2 fully saturated rings. The lowest BCUT2D eigenvalue weighted by molar-refractivity contribution is -0.121. The second kappa shape index (κ2) is 5.72. The number of nitrogens with one attached hydrogen (secondary N) is 3. The summed E-state index contributed by atoms with van der Waals surface area (Å²) in [7, 11) is 0. The normalized spacial score (nSPS) is 17.4. The maximum Gasteiger partial charge on any atom is 0.268 e. The standard InChI is InChI=1S/C18H21N3O2/c22-16(21-17(11-5-6-11)12-7-8-12)10-19-18(23)15-9-13-3-1-2-4-14(13)20-15/h1-4,9,11-12,17,20H,5-8,10H2,(H,19,23)(H,21,22). The highest BCUT2D eigenvalue weighted by Gasteiger charge is 2.42. The molecule has 1 aromatic carbocycles. The Kier molecular flexibility index (Phi) is 3.56. The van der Waals surface area contributed by atoms with E-state index in [1.165, 1.54) is 25.7 Å². The summed E-state index contributed by atoms with van der Waals surface area (Å²) in [6, 6.07) is 9.86. The molecule has 0 aliphatic heterocycles. The van der Waals surface area contributed by atoms with E-state index < -0.39 is 0 Å². The fourth-order valence-corrected chi connectivity index (χ4v) is 3.22. The van der Waals surface area contributed by atoms with E-state index in [4.69, 9.17) is 0 Å². The molecule has 4 rings (SSSR count). The summed E-state index contributed by atoms with van der Waals surface area (Å²) in [5.41, 5.74) is 1.41. The number of amides is 2. The number of aromatic amines is 1. The number of para-hydroxylation sites is 1. The Balaban J connectivity index is 1.32. The van der Waals surface area contributed by atoms with Gasteiger partial charge in [-0.2, -0.15) is 0 Å². The molecule has 1 heterocycles. The molecular formula is C18H21N3O2. The number of hydrogen-bond donors (Lipinski definition) is 3. The van der Waals surface area contributed by atoms with Gasteiger partial charge in [-0.05, 0) is 49.7 Å². The van der Waals surface area contributed by atoms with Crippen LogP contribution in [0, 0.1) is 11.8 Å². The summed E-state index contributed by atoms with van der Waals surface area (Å²) in [5, 5.41) is 6.80. The van der Waals surface area contributed by atoms with E-state index in [2.05, 4.69) is 15.6 Å². The SMILES string of the molecule is O=C(CNC(=O)c1cc2ccccc2[nH]1)NC(C1CC1)C1CC1. The van der Waals surface area contributed by atoms with Crippen molar-refractivity contribution >= 4 is 22.7 Å². The van der Waals surface area contributed by atoms with Gasteiger partial charge < -0.3 is 15.6 Å². The predicted molar refractivity (Wildman–Crippen MR) is 88.0 cm³/mol. The monoisotopic (exact) mass is 311 g/mol. The average Bonchev–Trinajstić information content (AvgIpc) is 3.47. The second-order valence-corrected chi connectivity index (χ2v) is 6.72. The van der Waals surface area contributed by atoms with Gasteiger partial charge in [-0.1, -0.05) is 18.2 Å². The molecule has 0 spiro atoms. The van der Waals surface area contributed by atoms with Gasteiger partial charge in [0.1, 0.15) is 5.69 Å². The van der Waals surface area contributed by atoms with Gasteiger partial charge in [0.25, 0.3) is 5.91 Å². The van der Waals surface area contributed by atoms with E-state index in [9.17, 15) is 9.59 Å². The lowest BCUT2D eigenvalue weighted by atomic mass is 10.1. The summed E-state index contributed by atoms with van der Waals surface area (Å²) in [6.45, 7) is 0.0319. The van der Waals surface area contributed by atoms with Crippen molar-refractivity contribution < 1.29 is 9.59 Å². The van der Waals surface area contributed by atoms with Crippen molar-refractivity contribution in [1.82, 2.24) is 15.6 Å². The van der Waals surface area contributed by atoms with Gasteiger partial charge >= 0.3 is 0 Å². The zero-order valence-corrected chi connectivity index (χ0v) is 13.0. The second-order valence-electron chi connectivity index (χ2n) is 6.72. The Morgan fingerprint density at radius 2 is 1.83 bits per heavy atom. The zero-order valence-electron chi connectivity index (χ0n) is 13.0. The largest absolute Gasteiger partial charge is 0.351 e. The van der Waals surface area contributed by atoms with Crippen LogP contribution in [-0.2, 0) is 4.79 Å². The molecule has 23 heavy (non-hydrogen) atoms. The van der Waals surface area contributed by atoms with Crippen molar-refractivity contribution in [3.8, 4) is 0 Å². The summed E-state index contributed by atoms with van der Waals surface area (Å²) < 4.78 is 0. The number of carbonyl (C=O) groups excluding carboxylic acids is 2. The number of rotatable bonds is 6. The van der Waals surface area contributed by atoms with Crippen molar-refractivity contribution in [2.24, 2.45) is 11.8 Å². The summed E-state index contributed by atoms with van der Waals surface area (Å²) >= 11 is 0. The van der Waals surface area contributed by atoms with Crippen LogP contribution in [-0.4, -0.2) is 29.4 Å². The Morgan fingerprint density at radius 3 is 2.48 bits per heavy atom. The fourth-order valence-electron chi connectivity index (χ4n) is 3.22. The minimum atomic E-state index is -0.245. The van der Waals surface area contributed by atoms with E-state index in [1.54, 1.807) is 6.07 Å². The van der Waals surface area contributed by atoms with Crippen LogP contribution in [0.15, 0.2) is 30.3 Å². The van der Waals surface area contributed by atoms with Gasteiger partial charge in [0.2, 0.25) is 5.91 Å². The van der Waals surface area contributed by atoms with Crippen LogP contribution in [0.2, 0.25) is 0 Å². The van der Waals surface area contributed by atoms with Gasteiger partial charge in [-0.15, -0.1) is 0 Å². The molecular weight excluding hydrogens is 290 g/mol. The Bertz CT molecular complexity index is 699. The molecule has 5 nitrogen and oxygen atoms in total. The van der Waals surface area contributed by atoms with Crippen molar-refractivity contribution in [3.05, 3.63) is 36.0 Å². The molecule has 2 aliphatic rings. The van der Waals surface area contributed by atoms with Crippen molar-refractivity contribution in [2.45, 2.75) is 31.7 Å². The van der Waals surface area contributed by atoms with Crippen LogP contribution in [0.25, 0.3) is 10.9 Å². The molecule has 5 heteroatoms. The van der Waals surface area contributed by atoms with Crippen molar-refractivity contribution in [3.63, 3.8) is 0 Å². The van der Waals surface area contributed by atoms with Gasteiger partial charge in [0.15, 0.2) is 0 Å². The average molecular weight is 311 g/mol. The highest BCUT2D eigenvalue weighted by atomic mass is 16.2. The molecule has 2 amide bonds. The maximum atomic E-state index is 12.2. The third-order valence-corrected chi connectivity index (χ3v) is 4.77. The molecule has 2 aromatic rings. The molecule has 2 aliphatic carbocycles. The van der Waals surface area contributed by atoms with E-state index in [-0.39, 0.29) is 18.4 Å². The molecule has 1 aromatic heterocycles. The summed E-state index contributed by atoms with van der Waals surface area (Å²) in [5.74, 6) is 0.996. The number of H-pyrrole nitrogens is 1. The third kappa shape index (κ3) is 3.23. The number of fused-ring (bicyclic) bond motifs is 1. The topological polar surface area (TPSA) is 74.0 Å². The third-order valence-electron chi connectivity index (χ3n) is 4.77. The molecule has 0 radical (unpaired) electrons. The van der Waals surface area contributed by atoms with E-state index >= 15 is 0 Å². The lowest BCUT2D eigenvalue weighted by Crippen LogP contribution is -2.44. The van der Waals surface area contributed by atoms with E-state index in [0.29, 0.717) is 23.6 Å². The van der Waals surface area contributed by atoms with Crippen LogP contribution < -0.4 is 10.6 Å². The molecule has 120 valence electrons. The quantitative estimate of drug-likeness (QED) is 0.765. The zero-order chi connectivity index (χ0) is 15.8. The van der Waals surface area contributed by atoms with Crippen molar-refractivity contribution in [2.75, 3.05) is 6.54 Å². The van der Waals surface area contributed by atoms with Crippen LogP contribution in [0.3, 0.4) is 0 Å². The minimum absolute atomic E-state index is 0.0319. The van der Waals surface area contributed by atoms with Gasteiger partial charge in [-0.3, -0.25) is 9.59 Å². The molecule has 0 saturated heterocycles. The maximum absolute atomic E-state index is 12.2.